The molecule has 0 saturated heterocycles. The van der Waals surface area contributed by atoms with E-state index < -0.39 is 5.97 Å². The molecule has 0 aliphatic rings. The fourth-order valence-electron chi connectivity index (χ4n) is 2.53. The summed E-state index contributed by atoms with van der Waals surface area (Å²) >= 11 is 0. The average Bonchev–Trinajstić information content (AvgIpc) is 2.55. The summed E-state index contributed by atoms with van der Waals surface area (Å²) in [5, 5.41) is 12.4. The van der Waals surface area contributed by atoms with E-state index in [1.54, 1.807) is 6.07 Å². The SMILES string of the molecule is Cc1ccc(NCCCOc2ccc(C(C)(C)C)cc2)c(C(=O)O)c1. The number of hydrogen-bond donors (Lipinski definition) is 2. The van der Waals surface area contributed by atoms with E-state index in [2.05, 4.69) is 38.2 Å². The van der Waals surface area contributed by atoms with Gasteiger partial charge in [-0.15, -0.1) is 0 Å². The average molecular weight is 341 g/mol. The predicted octanol–water partition coefficient (Wildman–Crippen LogP) is 4.87. The van der Waals surface area contributed by atoms with Crippen LogP contribution in [0.3, 0.4) is 0 Å². The Morgan fingerprint density at radius 2 is 1.80 bits per heavy atom. The van der Waals surface area contributed by atoms with Gasteiger partial charge >= 0.3 is 5.97 Å². The zero-order valence-corrected chi connectivity index (χ0v) is 15.4. The van der Waals surface area contributed by atoms with Gasteiger partial charge in [0.25, 0.3) is 0 Å². The Hall–Kier alpha value is -2.49. The summed E-state index contributed by atoms with van der Waals surface area (Å²) in [5.41, 5.74) is 3.30. The van der Waals surface area contributed by atoms with Gasteiger partial charge in [0.15, 0.2) is 0 Å². The van der Waals surface area contributed by atoms with E-state index in [1.807, 2.05) is 31.2 Å². The van der Waals surface area contributed by atoms with Crippen molar-refractivity contribution in [2.24, 2.45) is 0 Å². The summed E-state index contributed by atoms with van der Waals surface area (Å²) in [6.45, 7) is 9.68. The summed E-state index contributed by atoms with van der Waals surface area (Å²) in [6, 6.07) is 13.6. The molecule has 134 valence electrons. The van der Waals surface area contributed by atoms with Crippen LogP contribution in [0.2, 0.25) is 0 Å². The van der Waals surface area contributed by atoms with Crippen LogP contribution < -0.4 is 10.1 Å². The van der Waals surface area contributed by atoms with E-state index in [1.165, 1.54) is 5.56 Å². The van der Waals surface area contributed by atoms with Crippen LogP contribution >= 0.6 is 0 Å². The molecule has 0 aromatic heterocycles. The van der Waals surface area contributed by atoms with Crippen LogP contribution in [0, 0.1) is 6.92 Å². The third-order valence-electron chi connectivity index (χ3n) is 4.03. The summed E-state index contributed by atoms with van der Waals surface area (Å²) < 4.78 is 5.75. The van der Waals surface area contributed by atoms with Crippen LogP contribution in [0.25, 0.3) is 0 Å². The Kier molecular flexibility index (Phi) is 6.07. The fraction of sp³-hybridized carbons (Fsp3) is 0.381. The molecule has 2 rings (SSSR count). The van der Waals surface area contributed by atoms with E-state index in [-0.39, 0.29) is 5.41 Å². The number of rotatable bonds is 7. The quantitative estimate of drug-likeness (QED) is 0.705. The van der Waals surface area contributed by atoms with Gasteiger partial charge in [0.05, 0.1) is 12.2 Å². The standard InChI is InChI=1S/C21H27NO3/c1-15-6-11-19(18(14-15)20(23)24)22-12-5-13-25-17-9-7-16(8-10-17)21(2,3)4/h6-11,14,22H,5,12-13H2,1-4H3,(H,23,24). The second-order valence-corrected chi connectivity index (χ2v) is 7.26. The Bertz CT molecular complexity index is 715. The number of anilines is 1. The molecule has 4 heteroatoms. The van der Waals surface area contributed by atoms with Crippen molar-refractivity contribution in [3.05, 3.63) is 59.2 Å². The summed E-state index contributed by atoms with van der Waals surface area (Å²) in [7, 11) is 0. The van der Waals surface area contributed by atoms with Gasteiger partial charge < -0.3 is 15.2 Å². The molecule has 0 unspecified atom stereocenters. The highest BCUT2D eigenvalue weighted by Crippen LogP contribution is 2.24. The van der Waals surface area contributed by atoms with Crippen molar-refractivity contribution in [3.8, 4) is 5.75 Å². The van der Waals surface area contributed by atoms with E-state index in [4.69, 9.17) is 4.74 Å². The van der Waals surface area contributed by atoms with Crippen molar-refractivity contribution >= 4 is 11.7 Å². The molecule has 0 aliphatic carbocycles. The summed E-state index contributed by atoms with van der Waals surface area (Å²) in [6.07, 6.45) is 0.786. The monoisotopic (exact) mass is 341 g/mol. The number of hydrogen-bond acceptors (Lipinski definition) is 3. The lowest BCUT2D eigenvalue weighted by molar-refractivity contribution is 0.0698. The van der Waals surface area contributed by atoms with Gasteiger partial charge in [0, 0.05) is 12.2 Å². The van der Waals surface area contributed by atoms with Gasteiger partial charge in [-0.1, -0.05) is 44.5 Å². The first-order valence-corrected chi connectivity index (χ1v) is 8.58. The first kappa shape index (κ1) is 18.8. The molecule has 0 spiro atoms. The maximum absolute atomic E-state index is 11.3. The highest BCUT2D eigenvalue weighted by molar-refractivity contribution is 5.94. The molecule has 2 aromatic rings. The summed E-state index contributed by atoms with van der Waals surface area (Å²) in [4.78, 5) is 11.3. The molecule has 2 N–H and O–H groups in total. The Balaban J connectivity index is 1.80. The maximum atomic E-state index is 11.3. The molecule has 0 bridgehead atoms. The van der Waals surface area contributed by atoms with Gasteiger partial charge in [-0.2, -0.15) is 0 Å². The minimum atomic E-state index is -0.915. The first-order chi connectivity index (χ1) is 11.8. The van der Waals surface area contributed by atoms with Crippen LogP contribution in [-0.2, 0) is 5.41 Å². The topological polar surface area (TPSA) is 58.6 Å². The molecule has 0 radical (unpaired) electrons. The minimum absolute atomic E-state index is 0.137. The largest absolute Gasteiger partial charge is 0.494 e. The zero-order chi connectivity index (χ0) is 18.4. The number of aromatic carboxylic acids is 1. The molecule has 2 aromatic carbocycles. The Morgan fingerprint density at radius 1 is 1.12 bits per heavy atom. The summed E-state index contributed by atoms with van der Waals surface area (Å²) in [5.74, 6) is -0.0593. The molecule has 0 fully saturated rings. The van der Waals surface area contributed by atoms with Crippen LogP contribution in [0.15, 0.2) is 42.5 Å². The number of aryl methyl sites for hydroxylation is 1. The van der Waals surface area contributed by atoms with E-state index in [0.717, 1.165) is 17.7 Å². The van der Waals surface area contributed by atoms with Gasteiger partial charge in [-0.05, 0) is 48.6 Å². The van der Waals surface area contributed by atoms with Crippen molar-refractivity contribution in [2.75, 3.05) is 18.5 Å². The second-order valence-electron chi connectivity index (χ2n) is 7.26. The second kappa shape index (κ2) is 8.06. The molecule has 0 amide bonds. The minimum Gasteiger partial charge on any atom is -0.494 e. The molecule has 4 nitrogen and oxygen atoms in total. The number of carboxylic acids is 1. The van der Waals surface area contributed by atoms with Crippen molar-refractivity contribution in [2.45, 2.75) is 39.5 Å². The van der Waals surface area contributed by atoms with Crippen molar-refractivity contribution in [1.82, 2.24) is 0 Å². The predicted molar refractivity (Wildman–Crippen MR) is 102 cm³/mol. The number of carboxylic acid groups (broad SMARTS) is 1. The van der Waals surface area contributed by atoms with Crippen molar-refractivity contribution < 1.29 is 14.6 Å². The van der Waals surface area contributed by atoms with E-state index in [9.17, 15) is 9.90 Å². The van der Waals surface area contributed by atoms with Crippen molar-refractivity contribution in [3.63, 3.8) is 0 Å². The normalized spacial score (nSPS) is 11.2. The van der Waals surface area contributed by atoms with Crippen molar-refractivity contribution in [1.29, 1.82) is 0 Å². The molecule has 0 atom stereocenters. The zero-order valence-electron chi connectivity index (χ0n) is 15.4. The smallest absolute Gasteiger partial charge is 0.337 e. The lowest BCUT2D eigenvalue weighted by Crippen LogP contribution is -2.11. The van der Waals surface area contributed by atoms with Crippen LogP contribution in [-0.4, -0.2) is 24.2 Å². The van der Waals surface area contributed by atoms with Crippen LogP contribution in [0.5, 0.6) is 5.75 Å². The number of nitrogens with one attached hydrogen (secondary N) is 1. The van der Waals surface area contributed by atoms with Gasteiger partial charge in [-0.3, -0.25) is 0 Å². The third kappa shape index (κ3) is 5.52. The molecular formula is C21H27NO3. The number of benzene rings is 2. The lowest BCUT2D eigenvalue weighted by Gasteiger charge is -2.19. The highest BCUT2D eigenvalue weighted by Gasteiger charge is 2.13. The molecular weight excluding hydrogens is 314 g/mol. The highest BCUT2D eigenvalue weighted by atomic mass is 16.5. The maximum Gasteiger partial charge on any atom is 0.337 e. The van der Waals surface area contributed by atoms with E-state index in [0.29, 0.717) is 24.4 Å². The fourth-order valence-corrected chi connectivity index (χ4v) is 2.53. The van der Waals surface area contributed by atoms with Crippen LogP contribution in [0.1, 0.15) is 48.7 Å². The van der Waals surface area contributed by atoms with Gasteiger partial charge in [-0.25, -0.2) is 4.79 Å². The van der Waals surface area contributed by atoms with Gasteiger partial charge in [0.1, 0.15) is 5.75 Å². The first-order valence-electron chi connectivity index (χ1n) is 8.58. The molecule has 0 heterocycles. The molecule has 0 saturated carbocycles. The number of ether oxygens (including phenoxy) is 1. The molecule has 0 aliphatic heterocycles. The molecule has 25 heavy (non-hydrogen) atoms. The lowest BCUT2D eigenvalue weighted by atomic mass is 9.87. The van der Waals surface area contributed by atoms with Gasteiger partial charge in [0.2, 0.25) is 0 Å². The number of carbonyl (C=O) groups is 1. The third-order valence-corrected chi connectivity index (χ3v) is 4.03. The van der Waals surface area contributed by atoms with E-state index >= 15 is 0 Å². The Morgan fingerprint density at radius 3 is 2.40 bits per heavy atom. The Labute approximate surface area is 149 Å². The van der Waals surface area contributed by atoms with Crippen LogP contribution in [0.4, 0.5) is 5.69 Å².